The Labute approximate surface area is 118 Å². The highest BCUT2D eigenvalue weighted by Crippen LogP contribution is 2.28. The lowest BCUT2D eigenvalue weighted by molar-refractivity contribution is 0.668. The third-order valence-electron chi connectivity index (χ3n) is 2.93. The number of anilines is 2. The molecular formula is C17H17FN2. The van der Waals surface area contributed by atoms with Gasteiger partial charge in [-0.1, -0.05) is 43.0 Å². The van der Waals surface area contributed by atoms with E-state index in [1.807, 2.05) is 42.5 Å². The minimum absolute atomic E-state index is 0.351. The molecule has 2 rings (SSSR count). The molecule has 0 aliphatic heterocycles. The van der Waals surface area contributed by atoms with E-state index in [1.54, 1.807) is 6.08 Å². The van der Waals surface area contributed by atoms with E-state index >= 15 is 0 Å². The zero-order valence-corrected chi connectivity index (χ0v) is 11.1. The van der Waals surface area contributed by atoms with E-state index in [0.717, 1.165) is 22.1 Å². The molecule has 20 heavy (non-hydrogen) atoms. The van der Waals surface area contributed by atoms with Gasteiger partial charge >= 0.3 is 0 Å². The number of hydrogen-bond acceptors (Lipinski definition) is 2. The molecule has 102 valence electrons. The highest BCUT2D eigenvalue weighted by molar-refractivity contribution is 6.02. The molecule has 2 aromatic carbocycles. The molecule has 0 saturated carbocycles. The number of rotatable bonds is 5. The highest BCUT2D eigenvalue weighted by Gasteiger charge is 2.02. The van der Waals surface area contributed by atoms with Crippen LogP contribution in [0.4, 0.5) is 15.8 Å². The Kier molecular flexibility index (Phi) is 4.56. The zero-order valence-electron chi connectivity index (χ0n) is 11.1. The number of allylic oxidation sites excluding steroid dienone is 4. The van der Waals surface area contributed by atoms with Gasteiger partial charge in [-0.25, -0.2) is 4.39 Å². The molecule has 2 aromatic rings. The lowest BCUT2D eigenvalue weighted by Crippen LogP contribution is -2.00. The quantitative estimate of drug-likeness (QED) is 0.622. The van der Waals surface area contributed by atoms with Crippen LogP contribution in [0.5, 0.6) is 0 Å². The largest absolute Gasteiger partial charge is 0.398 e. The van der Waals surface area contributed by atoms with Gasteiger partial charge in [0, 0.05) is 23.3 Å². The summed E-state index contributed by atoms with van der Waals surface area (Å²) in [4.78, 5) is 0. The van der Waals surface area contributed by atoms with Crippen molar-refractivity contribution < 1.29 is 4.39 Å². The van der Waals surface area contributed by atoms with E-state index in [2.05, 4.69) is 11.9 Å². The topological polar surface area (TPSA) is 38.0 Å². The first kappa shape index (κ1) is 13.9. The first-order valence-corrected chi connectivity index (χ1v) is 6.38. The molecule has 0 amide bonds. The van der Waals surface area contributed by atoms with Crippen LogP contribution in [0.25, 0.3) is 10.8 Å². The second kappa shape index (κ2) is 6.57. The van der Waals surface area contributed by atoms with Crippen molar-refractivity contribution in [1.29, 1.82) is 0 Å². The molecule has 3 heteroatoms. The van der Waals surface area contributed by atoms with Gasteiger partial charge in [-0.2, -0.15) is 0 Å². The summed E-state index contributed by atoms with van der Waals surface area (Å²) in [5.74, 6) is -0.351. The van der Waals surface area contributed by atoms with Crippen LogP contribution in [0.1, 0.15) is 0 Å². The van der Waals surface area contributed by atoms with Crippen molar-refractivity contribution >= 4 is 22.1 Å². The third kappa shape index (κ3) is 3.26. The minimum Gasteiger partial charge on any atom is -0.398 e. The average molecular weight is 268 g/mol. The summed E-state index contributed by atoms with van der Waals surface area (Å²) in [5.41, 5.74) is 7.73. The van der Waals surface area contributed by atoms with Crippen molar-refractivity contribution in [3.63, 3.8) is 0 Å². The fourth-order valence-electron chi connectivity index (χ4n) is 1.98. The van der Waals surface area contributed by atoms with Gasteiger partial charge < -0.3 is 11.1 Å². The van der Waals surface area contributed by atoms with Crippen molar-refractivity contribution in [2.45, 2.75) is 0 Å². The molecule has 0 saturated heterocycles. The van der Waals surface area contributed by atoms with E-state index in [-0.39, 0.29) is 5.83 Å². The van der Waals surface area contributed by atoms with Crippen LogP contribution >= 0.6 is 0 Å². The number of hydrogen-bond donors (Lipinski definition) is 2. The molecule has 0 radical (unpaired) electrons. The molecule has 0 spiro atoms. The van der Waals surface area contributed by atoms with Gasteiger partial charge in [-0.3, -0.25) is 0 Å². The lowest BCUT2D eigenvalue weighted by atomic mass is 10.1. The molecular weight excluding hydrogens is 251 g/mol. The Morgan fingerprint density at radius 3 is 2.75 bits per heavy atom. The lowest BCUT2D eigenvalue weighted by Gasteiger charge is -2.10. The maximum Gasteiger partial charge on any atom is 0.122 e. The maximum absolute atomic E-state index is 12.8. The summed E-state index contributed by atoms with van der Waals surface area (Å²) in [6.07, 6.45) is 6.02. The number of benzene rings is 2. The first-order valence-electron chi connectivity index (χ1n) is 6.38. The smallest absolute Gasteiger partial charge is 0.122 e. The van der Waals surface area contributed by atoms with Gasteiger partial charge in [0.05, 0.1) is 0 Å². The van der Waals surface area contributed by atoms with Crippen molar-refractivity contribution in [2.24, 2.45) is 0 Å². The van der Waals surface area contributed by atoms with Gasteiger partial charge in [-0.15, -0.1) is 0 Å². The van der Waals surface area contributed by atoms with Gasteiger partial charge in [0.25, 0.3) is 0 Å². The van der Waals surface area contributed by atoms with Gasteiger partial charge in [0.1, 0.15) is 5.83 Å². The van der Waals surface area contributed by atoms with Crippen LogP contribution in [0.2, 0.25) is 0 Å². The van der Waals surface area contributed by atoms with E-state index in [0.29, 0.717) is 6.54 Å². The van der Waals surface area contributed by atoms with Crippen LogP contribution < -0.4 is 11.1 Å². The Bertz CT molecular complexity index is 666. The standard InChI is InChI=1S/C17H17FN2/c1-2-14(18)9-3-4-12-20-16-11-6-8-13-7-5-10-15(19)17(13)16/h2-11,20H,1,12,19H2/b4-3+,14-9+. The summed E-state index contributed by atoms with van der Waals surface area (Å²) in [7, 11) is 0. The fraction of sp³-hybridized carbons (Fsp3) is 0.0588. The summed E-state index contributed by atoms with van der Waals surface area (Å²) >= 11 is 0. The Morgan fingerprint density at radius 2 is 2.00 bits per heavy atom. The monoisotopic (exact) mass is 268 g/mol. The van der Waals surface area contributed by atoms with Crippen LogP contribution in [0.15, 0.2) is 73.1 Å². The van der Waals surface area contributed by atoms with Crippen molar-refractivity contribution in [1.82, 2.24) is 0 Å². The second-order valence-electron chi connectivity index (χ2n) is 4.32. The Hall–Kier alpha value is -2.55. The number of nitrogen functional groups attached to an aromatic ring is 1. The first-order chi connectivity index (χ1) is 9.72. The van der Waals surface area contributed by atoms with E-state index in [9.17, 15) is 4.39 Å². The Balaban J connectivity index is 2.13. The molecule has 2 nitrogen and oxygen atoms in total. The number of nitrogens with one attached hydrogen (secondary N) is 1. The number of fused-ring (bicyclic) bond motifs is 1. The van der Waals surface area contributed by atoms with E-state index in [4.69, 9.17) is 5.73 Å². The van der Waals surface area contributed by atoms with Crippen molar-refractivity contribution in [3.8, 4) is 0 Å². The summed E-state index contributed by atoms with van der Waals surface area (Å²) < 4.78 is 12.8. The van der Waals surface area contributed by atoms with Gasteiger partial charge in [0.15, 0.2) is 0 Å². The molecule has 0 aromatic heterocycles. The average Bonchev–Trinajstić information content (AvgIpc) is 2.47. The molecule has 3 N–H and O–H groups in total. The van der Waals surface area contributed by atoms with Crippen LogP contribution in [0.3, 0.4) is 0 Å². The molecule has 0 atom stereocenters. The molecule has 0 aliphatic carbocycles. The summed E-state index contributed by atoms with van der Waals surface area (Å²) in [6, 6.07) is 11.8. The summed E-state index contributed by atoms with van der Waals surface area (Å²) in [5, 5.41) is 5.38. The van der Waals surface area contributed by atoms with Crippen molar-refractivity contribution in [3.05, 3.63) is 73.1 Å². The normalized spacial score (nSPS) is 11.9. The molecule has 0 unspecified atom stereocenters. The van der Waals surface area contributed by atoms with Crippen molar-refractivity contribution in [2.75, 3.05) is 17.6 Å². The number of halogens is 1. The maximum atomic E-state index is 12.8. The van der Waals surface area contributed by atoms with Crippen LogP contribution in [0, 0.1) is 0 Å². The van der Waals surface area contributed by atoms with Crippen LogP contribution in [-0.4, -0.2) is 6.54 Å². The zero-order chi connectivity index (χ0) is 14.4. The molecule has 0 heterocycles. The van der Waals surface area contributed by atoms with Crippen LogP contribution in [-0.2, 0) is 0 Å². The second-order valence-corrected chi connectivity index (χ2v) is 4.32. The molecule has 0 fully saturated rings. The SMILES string of the molecule is C=C/C(F)=C\C=C\CNc1cccc2cccc(N)c12. The fourth-order valence-corrected chi connectivity index (χ4v) is 1.98. The predicted molar refractivity (Wildman–Crippen MR) is 85.4 cm³/mol. The van der Waals surface area contributed by atoms with E-state index < -0.39 is 0 Å². The Morgan fingerprint density at radius 1 is 1.25 bits per heavy atom. The molecule has 0 aliphatic rings. The summed E-state index contributed by atoms with van der Waals surface area (Å²) in [6.45, 7) is 3.94. The van der Waals surface area contributed by atoms with Gasteiger partial charge in [-0.05, 0) is 29.7 Å². The molecule has 0 bridgehead atoms. The highest BCUT2D eigenvalue weighted by atomic mass is 19.1. The van der Waals surface area contributed by atoms with E-state index in [1.165, 1.54) is 12.2 Å². The predicted octanol–water partition coefficient (Wildman–Crippen LogP) is 4.43. The third-order valence-corrected chi connectivity index (χ3v) is 2.93. The van der Waals surface area contributed by atoms with Gasteiger partial charge in [0.2, 0.25) is 0 Å². The number of nitrogens with two attached hydrogens (primary N) is 1. The minimum atomic E-state index is -0.351.